The van der Waals surface area contributed by atoms with Crippen LogP contribution >= 0.6 is 15.9 Å². The summed E-state index contributed by atoms with van der Waals surface area (Å²) in [6.45, 7) is 2.77. The van der Waals surface area contributed by atoms with Gasteiger partial charge in [0.2, 0.25) is 0 Å². The first kappa shape index (κ1) is 17.8. The van der Waals surface area contributed by atoms with Gasteiger partial charge in [0.1, 0.15) is 6.61 Å². The maximum Gasteiger partial charge on any atom is 0.254 e. The zero-order chi connectivity index (χ0) is 17.6. The average Bonchev–Trinajstić information content (AvgIpc) is 2.67. The van der Waals surface area contributed by atoms with Crippen LogP contribution in [0.25, 0.3) is 0 Å². The van der Waals surface area contributed by atoms with Crippen molar-refractivity contribution in [2.24, 2.45) is 0 Å². The summed E-state index contributed by atoms with van der Waals surface area (Å²) in [5.41, 5.74) is 1.63. The first-order chi connectivity index (χ1) is 12.2. The summed E-state index contributed by atoms with van der Waals surface area (Å²) in [6.07, 6.45) is 0. The van der Waals surface area contributed by atoms with Crippen molar-refractivity contribution in [3.8, 4) is 11.5 Å². The highest BCUT2D eigenvalue weighted by Crippen LogP contribution is 2.37. The van der Waals surface area contributed by atoms with Crippen molar-refractivity contribution < 1.29 is 19.0 Å². The Bertz CT molecular complexity index is 730. The van der Waals surface area contributed by atoms with E-state index in [1.807, 2.05) is 30.3 Å². The zero-order valence-electron chi connectivity index (χ0n) is 14.0. The van der Waals surface area contributed by atoms with Gasteiger partial charge in [-0.3, -0.25) is 4.79 Å². The number of benzene rings is 2. The Kier molecular flexibility index (Phi) is 5.94. The summed E-state index contributed by atoms with van der Waals surface area (Å²) in [6, 6.07) is 13.4. The number of nitrogens with zero attached hydrogens (tertiary/aromatic N) is 1. The van der Waals surface area contributed by atoms with E-state index in [9.17, 15) is 4.79 Å². The number of morpholine rings is 1. The number of carbonyl (C=O) groups is 1. The Morgan fingerprint density at radius 1 is 1.20 bits per heavy atom. The SMILES string of the molecule is COc1cc(C(=O)N2CCOCC2)cc(Br)c1OCc1ccccc1. The Balaban J connectivity index is 1.79. The van der Waals surface area contributed by atoms with E-state index >= 15 is 0 Å². The quantitative estimate of drug-likeness (QED) is 0.763. The third kappa shape index (κ3) is 4.32. The maximum atomic E-state index is 12.7. The van der Waals surface area contributed by atoms with Crippen molar-refractivity contribution in [2.45, 2.75) is 6.61 Å². The Hall–Kier alpha value is -2.05. The molecule has 25 heavy (non-hydrogen) atoms. The number of halogens is 1. The van der Waals surface area contributed by atoms with Crippen molar-refractivity contribution in [3.63, 3.8) is 0 Å². The van der Waals surface area contributed by atoms with E-state index in [4.69, 9.17) is 14.2 Å². The summed E-state index contributed by atoms with van der Waals surface area (Å²) in [4.78, 5) is 14.5. The molecule has 0 atom stereocenters. The van der Waals surface area contributed by atoms with Crippen molar-refractivity contribution >= 4 is 21.8 Å². The number of rotatable bonds is 5. The molecular formula is C19H20BrNO4. The molecule has 0 radical (unpaired) electrons. The molecule has 1 saturated heterocycles. The molecular weight excluding hydrogens is 386 g/mol. The highest BCUT2D eigenvalue weighted by atomic mass is 79.9. The molecule has 1 heterocycles. The minimum atomic E-state index is -0.0306. The lowest BCUT2D eigenvalue weighted by Crippen LogP contribution is -2.40. The van der Waals surface area contributed by atoms with E-state index in [0.29, 0.717) is 54.4 Å². The maximum absolute atomic E-state index is 12.7. The number of ether oxygens (including phenoxy) is 3. The van der Waals surface area contributed by atoms with Crippen molar-refractivity contribution in [1.29, 1.82) is 0 Å². The molecule has 1 aliphatic rings. The number of amides is 1. The van der Waals surface area contributed by atoms with Gasteiger partial charge >= 0.3 is 0 Å². The van der Waals surface area contributed by atoms with Gasteiger partial charge < -0.3 is 19.1 Å². The molecule has 0 unspecified atom stereocenters. The van der Waals surface area contributed by atoms with Gasteiger partial charge in [-0.15, -0.1) is 0 Å². The van der Waals surface area contributed by atoms with E-state index < -0.39 is 0 Å². The van der Waals surface area contributed by atoms with Gasteiger partial charge in [0, 0.05) is 18.7 Å². The lowest BCUT2D eigenvalue weighted by molar-refractivity contribution is 0.0302. The smallest absolute Gasteiger partial charge is 0.254 e. The number of methoxy groups -OCH3 is 1. The molecule has 1 amide bonds. The van der Waals surface area contributed by atoms with Crippen LogP contribution in [-0.4, -0.2) is 44.2 Å². The summed E-state index contributed by atoms with van der Waals surface area (Å²) in [5.74, 6) is 1.09. The Morgan fingerprint density at radius 3 is 2.60 bits per heavy atom. The fraction of sp³-hybridized carbons (Fsp3) is 0.316. The molecule has 132 valence electrons. The van der Waals surface area contributed by atoms with Crippen LogP contribution in [0.3, 0.4) is 0 Å². The van der Waals surface area contributed by atoms with Crippen LogP contribution in [0.4, 0.5) is 0 Å². The molecule has 0 aliphatic carbocycles. The van der Waals surface area contributed by atoms with E-state index in [2.05, 4.69) is 15.9 Å². The standard InChI is InChI=1S/C19H20BrNO4/c1-23-17-12-15(19(22)21-7-9-24-10-8-21)11-16(20)18(17)25-13-14-5-3-2-4-6-14/h2-6,11-12H,7-10,13H2,1H3. The van der Waals surface area contributed by atoms with Crippen LogP contribution in [0.15, 0.2) is 46.9 Å². The molecule has 2 aromatic rings. The fourth-order valence-corrected chi connectivity index (χ4v) is 3.22. The second kappa shape index (κ2) is 8.36. The van der Waals surface area contributed by atoms with Crippen LogP contribution in [0.2, 0.25) is 0 Å². The van der Waals surface area contributed by atoms with Crippen molar-refractivity contribution in [2.75, 3.05) is 33.4 Å². The molecule has 0 saturated carbocycles. The molecule has 0 N–H and O–H groups in total. The number of carbonyl (C=O) groups excluding carboxylic acids is 1. The van der Waals surface area contributed by atoms with Gasteiger partial charge in [-0.1, -0.05) is 30.3 Å². The highest BCUT2D eigenvalue weighted by molar-refractivity contribution is 9.10. The lowest BCUT2D eigenvalue weighted by atomic mass is 10.1. The first-order valence-corrected chi connectivity index (χ1v) is 8.89. The van der Waals surface area contributed by atoms with E-state index in [-0.39, 0.29) is 5.91 Å². The van der Waals surface area contributed by atoms with Gasteiger partial charge in [-0.2, -0.15) is 0 Å². The zero-order valence-corrected chi connectivity index (χ0v) is 15.6. The molecule has 3 rings (SSSR count). The van der Waals surface area contributed by atoms with Crippen LogP contribution in [0.5, 0.6) is 11.5 Å². The normalized spacial score (nSPS) is 14.2. The summed E-state index contributed by atoms with van der Waals surface area (Å²) in [7, 11) is 1.57. The van der Waals surface area contributed by atoms with E-state index in [0.717, 1.165) is 5.56 Å². The van der Waals surface area contributed by atoms with Gasteiger partial charge in [0.25, 0.3) is 5.91 Å². The van der Waals surface area contributed by atoms with E-state index in [1.165, 1.54) is 0 Å². The van der Waals surface area contributed by atoms with E-state index in [1.54, 1.807) is 24.1 Å². The van der Waals surface area contributed by atoms with Gasteiger partial charge in [-0.05, 0) is 33.6 Å². The highest BCUT2D eigenvalue weighted by Gasteiger charge is 2.21. The molecule has 5 nitrogen and oxygen atoms in total. The number of hydrogen-bond donors (Lipinski definition) is 0. The molecule has 1 fully saturated rings. The Labute approximate surface area is 155 Å². The van der Waals surface area contributed by atoms with Crippen LogP contribution < -0.4 is 9.47 Å². The monoisotopic (exact) mass is 405 g/mol. The third-order valence-electron chi connectivity index (χ3n) is 4.00. The third-order valence-corrected chi connectivity index (χ3v) is 4.59. The molecule has 2 aromatic carbocycles. The second-order valence-electron chi connectivity index (χ2n) is 5.67. The van der Waals surface area contributed by atoms with Gasteiger partial charge in [0.05, 0.1) is 24.8 Å². The van der Waals surface area contributed by atoms with Gasteiger partial charge in [-0.25, -0.2) is 0 Å². The van der Waals surface area contributed by atoms with Crippen LogP contribution in [-0.2, 0) is 11.3 Å². The van der Waals surface area contributed by atoms with Crippen molar-refractivity contribution in [1.82, 2.24) is 4.90 Å². The second-order valence-corrected chi connectivity index (χ2v) is 6.52. The average molecular weight is 406 g/mol. The Morgan fingerprint density at radius 2 is 1.92 bits per heavy atom. The lowest BCUT2D eigenvalue weighted by Gasteiger charge is -2.27. The number of hydrogen-bond acceptors (Lipinski definition) is 4. The predicted molar refractivity (Wildman–Crippen MR) is 98.2 cm³/mol. The molecule has 1 aliphatic heterocycles. The first-order valence-electron chi connectivity index (χ1n) is 8.10. The van der Waals surface area contributed by atoms with Crippen LogP contribution in [0.1, 0.15) is 15.9 Å². The fourth-order valence-electron chi connectivity index (χ4n) is 2.66. The van der Waals surface area contributed by atoms with Crippen LogP contribution in [0, 0.1) is 0 Å². The van der Waals surface area contributed by atoms with Gasteiger partial charge in [0.15, 0.2) is 11.5 Å². The largest absolute Gasteiger partial charge is 0.493 e. The minimum absolute atomic E-state index is 0.0306. The minimum Gasteiger partial charge on any atom is -0.493 e. The predicted octanol–water partition coefficient (Wildman–Crippen LogP) is 3.51. The summed E-state index contributed by atoms with van der Waals surface area (Å²) in [5, 5.41) is 0. The summed E-state index contributed by atoms with van der Waals surface area (Å²) >= 11 is 3.50. The van der Waals surface area contributed by atoms with Crippen molar-refractivity contribution in [3.05, 3.63) is 58.1 Å². The molecule has 0 aromatic heterocycles. The molecule has 0 spiro atoms. The molecule has 0 bridgehead atoms. The summed E-state index contributed by atoms with van der Waals surface area (Å²) < 4.78 is 17.3. The topological polar surface area (TPSA) is 48.0 Å². The molecule has 6 heteroatoms.